The van der Waals surface area contributed by atoms with Crippen molar-refractivity contribution < 1.29 is 23.5 Å². The Morgan fingerprint density at radius 3 is 2.36 bits per heavy atom. The quantitative estimate of drug-likeness (QED) is 0.195. The number of imide groups is 1. The van der Waals surface area contributed by atoms with Crippen LogP contribution in [-0.4, -0.2) is 81.7 Å². The molecule has 292 valence electrons. The third-order valence-electron chi connectivity index (χ3n) is 10.6. The highest BCUT2D eigenvalue weighted by Gasteiger charge is 2.51. The van der Waals surface area contributed by atoms with Crippen molar-refractivity contribution in [3.8, 4) is 5.75 Å². The number of nitrogens with zero attached hydrogens (tertiary/aromatic N) is 5. The summed E-state index contributed by atoms with van der Waals surface area (Å²) in [6.45, 7) is 7.60. The Morgan fingerprint density at radius 1 is 1.00 bits per heavy atom. The van der Waals surface area contributed by atoms with Crippen LogP contribution in [-0.2, 0) is 9.59 Å². The Balaban J connectivity index is 0.000000160. The van der Waals surface area contributed by atoms with Crippen molar-refractivity contribution in [3.05, 3.63) is 76.2 Å². The van der Waals surface area contributed by atoms with Crippen molar-refractivity contribution >= 4 is 40.1 Å². The number of aromatic nitrogens is 4. The van der Waals surface area contributed by atoms with E-state index < -0.39 is 11.7 Å². The number of benzene rings is 1. The highest BCUT2D eigenvalue weighted by Crippen LogP contribution is 2.41. The molecular weight excluding hydrogens is 704 g/mol. The van der Waals surface area contributed by atoms with E-state index in [0.717, 1.165) is 49.9 Å². The average molecular weight is 755 g/mol. The van der Waals surface area contributed by atoms with Gasteiger partial charge < -0.3 is 24.8 Å². The molecule has 55 heavy (non-hydrogen) atoms. The second kappa shape index (κ2) is 16.3. The van der Waals surface area contributed by atoms with Gasteiger partial charge in [0, 0.05) is 68.1 Å². The number of hydrogen-bond donors (Lipinski definition) is 3. The van der Waals surface area contributed by atoms with Gasteiger partial charge in [-0.1, -0.05) is 38.5 Å². The number of amides is 3. The van der Waals surface area contributed by atoms with Crippen LogP contribution in [0.5, 0.6) is 5.75 Å². The number of rotatable bonds is 7. The molecule has 1 aromatic carbocycles. The Morgan fingerprint density at radius 2 is 1.73 bits per heavy atom. The molecule has 14 heteroatoms. The third-order valence-corrected chi connectivity index (χ3v) is 10.6. The van der Waals surface area contributed by atoms with Crippen molar-refractivity contribution in [3.63, 3.8) is 0 Å². The zero-order chi connectivity index (χ0) is 38.7. The van der Waals surface area contributed by atoms with Crippen LogP contribution >= 0.6 is 0 Å². The van der Waals surface area contributed by atoms with E-state index in [9.17, 15) is 23.6 Å². The number of hydrogen-bond acceptors (Lipinski definition) is 9. The fraction of sp³-hybridized carbons (Fsp3) is 0.512. The van der Waals surface area contributed by atoms with E-state index in [2.05, 4.69) is 32.5 Å². The summed E-state index contributed by atoms with van der Waals surface area (Å²) in [7, 11) is 2.08. The summed E-state index contributed by atoms with van der Waals surface area (Å²) in [5, 5.41) is 10.6. The molecule has 6 heterocycles. The number of ether oxygens (including phenoxy) is 1. The van der Waals surface area contributed by atoms with E-state index in [1.165, 1.54) is 50.8 Å². The summed E-state index contributed by atoms with van der Waals surface area (Å²) in [4.78, 5) is 58.9. The summed E-state index contributed by atoms with van der Waals surface area (Å²) in [5.74, 6) is -1.08. The Bertz CT molecular complexity index is 2090. The maximum absolute atomic E-state index is 14.4. The molecule has 1 unspecified atom stereocenters. The monoisotopic (exact) mass is 754 g/mol. The largest absolute Gasteiger partial charge is 0.490 e. The second-order valence-electron chi connectivity index (χ2n) is 16.0. The Kier molecular flexibility index (Phi) is 11.3. The number of anilines is 2. The lowest BCUT2D eigenvalue weighted by atomic mass is 9.73. The SMILES string of the molecule is C1CC1.CC(C)Oc1cc2nn(C3CCCCC3)cc2cc1C(=O)Nc1ccc[nH]c1=O.CN1CC2(C1)CN(c1ncc(C3CCC(=O)NC3=O)cc1F)C2. The average Bonchev–Trinajstić information content (AvgIpc) is 3.96. The van der Waals surface area contributed by atoms with E-state index in [1.807, 2.05) is 35.7 Å². The summed E-state index contributed by atoms with van der Waals surface area (Å²) in [6.07, 6.45) is 16.2. The summed E-state index contributed by atoms with van der Waals surface area (Å²) >= 11 is 0. The molecule has 4 aromatic rings. The van der Waals surface area contributed by atoms with Gasteiger partial charge >= 0.3 is 0 Å². The van der Waals surface area contributed by atoms with Crippen LogP contribution in [0.2, 0.25) is 0 Å². The first kappa shape index (κ1) is 38.2. The number of fused-ring (bicyclic) bond motifs is 1. The number of nitrogens with one attached hydrogen (secondary N) is 3. The van der Waals surface area contributed by atoms with Crippen LogP contribution in [0.25, 0.3) is 10.9 Å². The molecule has 3 aliphatic heterocycles. The summed E-state index contributed by atoms with van der Waals surface area (Å²) in [6, 6.07) is 8.65. The van der Waals surface area contributed by atoms with Crippen LogP contribution in [0.3, 0.4) is 0 Å². The van der Waals surface area contributed by atoms with Gasteiger partial charge in [0.25, 0.3) is 11.5 Å². The summed E-state index contributed by atoms with van der Waals surface area (Å²) in [5.41, 5.74) is 1.89. The first-order chi connectivity index (χ1) is 26.5. The number of likely N-dealkylation sites (tertiary alicyclic amines) is 1. The molecule has 9 rings (SSSR count). The van der Waals surface area contributed by atoms with Gasteiger partial charge in [0.05, 0.1) is 29.1 Å². The molecule has 1 atom stereocenters. The van der Waals surface area contributed by atoms with E-state index in [4.69, 9.17) is 9.84 Å². The minimum absolute atomic E-state index is 0.0976. The van der Waals surface area contributed by atoms with Crippen molar-refractivity contribution in [2.24, 2.45) is 5.41 Å². The van der Waals surface area contributed by atoms with Crippen molar-refractivity contribution in [1.29, 1.82) is 0 Å². The molecule has 3 saturated heterocycles. The number of piperidine rings is 1. The van der Waals surface area contributed by atoms with Crippen molar-refractivity contribution in [2.45, 2.75) is 96.1 Å². The first-order valence-corrected chi connectivity index (χ1v) is 19.6. The molecule has 2 aliphatic carbocycles. The van der Waals surface area contributed by atoms with Gasteiger partial charge in [-0.05, 0) is 70.0 Å². The van der Waals surface area contributed by atoms with E-state index in [0.29, 0.717) is 40.6 Å². The van der Waals surface area contributed by atoms with Gasteiger partial charge in [0.15, 0.2) is 11.6 Å². The van der Waals surface area contributed by atoms with Gasteiger partial charge in [-0.15, -0.1) is 0 Å². The Labute approximate surface area is 320 Å². The van der Waals surface area contributed by atoms with Gasteiger partial charge in [-0.25, -0.2) is 9.37 Å². The van der Waals surface area contributed by atoms with Gasteiger partial charge in [0.1, 0.15) is 11.4 Å². The minimum Gasteiger partial charge on any atom is -0.490 e. The lowest BCUT2D eigenvalue weighted by Gasteiger charge is -2.59. The minimum atomic E-state index is -0.494. The normalized spacial score (nSPS) is 20.4. The van der Waals surface area contributed by atoms with Crippen LogP contribution in [0.4, 0.5) is 15.9 Å². The third kappa shape index (κ3) is 9.07. The fourth-order valence-electron chi connectivity index (χ4n) is 7.94. The first-order valence-electron chi connectivity index (χ1n) is 19.6. The lowest BCUT2D eigenvalue weighted by molar-refractivity contribution is -0.134. The summed E-state index contributed by atoms with van der Waals surface area (Å²) < 4.78 is 22.4. The molecule has 13 nitrogen and oxygen atoms in total. The molecule has 0 bridgehead atoms. The molecule has 5 aliphatic rings. The molecular formula is C41H51FN8O5. The fourth-order valence-corrected chi connectivity index (χ4v) is 7.94. The number of carbonyl (C=O) groups excluding carboxylic acids is 3. The van der Waals surface area contributed by atoms with Crippen LogP contribution in [0.15, 0.2) is 53.7 Å². The van der Waals surface area contributed by atoms with Crippen molar-refractivity contribution in [1.82, 2.24) is 30.0 Å². The number of pyridine rings is 2. The highest BCUT2D eigenvalue weighted by molar-refractivity contribution is 6.08. The van der Waals surface area contributed by atoms with E-state index in [1.54, 1.807) is 24.4 Å². The van der Waals surface area contributed by atoms with Gasteiger partial charge in [-0.2, -0.15) is 5.10 Å². The molecule has 0 radical (unpaired) electrons. The topological polar surface area (TPSA) is 155 Å². The maximum atomic E-state index is 14.4. The molecule has 5 fully saturated rings. The maximum Gasteiger partial charge on any atom is 0.271 e. The number of halogens is 1. The molecule has 3 amide bonds. The van der Waals surface area contributed by atoms with Crippen molar-refractivity contribution in [2.75, 3.05) is 43.4 Å². The molecule has 1 spiro atoms. The highest BCUT2D eigenvalue weighted by atomic mass is 19.1. The van der Waals surface area contributed by atoms with Crippen LogP contribution in [0.1, 0.15) is 106 Å². The van der Waals surface area contributed by atoms with Gasteiger partial charge in [-0.3, -0.25) is 29.2 Å². The molecule has 2 saturated carbocycles. The Hall–Kier alpha value is -5.11. The van der Waals surface area contributed by atoms with Crippen LogP contribution in [0, 0.1) is 11.2 Å². The van der Waals surface area contributed by atoms with Gasteiger partial charge in [0.2, 0.25) is 11.8 Å². The molecule has 3 aromatic heterocycles. The second-order valence-corrected chi connectivity index (χ2v) is 16.0. The number of H-pyrrole nitrogens is 1. The zero-order valence-electron chi connectivity index (χ0n) is 31.9. The van der Waals surface area contributed by atoms with E-state index >= 15 is 0 Å². The zero-order valence-corrected chi connectivity index (χ0v) is 31.9. The predicted octanol–water partition coefficient (Wildman–Crippen LogP) is 5.93. The van der Waals surface area contributed by atoms with E-state index in [-0.39, 0.29) is 41.5 Å². The smallest absolute Gasteiger partial charge is 0.271 e. The van der Waals surface area contributed by atoms with Crippen LogP contribution < -0.4 is 25.8 Å². The lowest BCUT2D eigenvalue weighted by Crippen LogP contribution is -2.71. The molecule has 3 N–H and O–H groups in total. The number of aromatic amines is 1. The standard InChI is InChI=1S/C22H26N4O3.C16H19FN4O2.C3H6/c1-14(2)29-20-12-19-15(13-26(25-19)16-7-4-3-5-8-16)11-17(20)21(27)24-18-9-6-10-23-22(18)28;1-20-6-16(7-20)8-21(9-16)14-12(17)4-10(5-18-14)11-2-3-13(22)19-15(11)23;1-2-3-1/h6,9-14,16H,3-5,7-8H2,1-2H3,(H,23,28)(H,24,27);4-5,11H,2-3,6-9H2,1H3,(H,19,22,23);1-3H2. The number of carbonyl (C=O) groups is 3. The predicted molar refractivity (Wildman–Crippen MR) is 208 cm³/mol.